The van der Waals surface area contributed by atoms with Gasteiger partial charge in [-0.1, -0.05) is 42.5 Å². The molecule has 11 heteroatoms. The molecule has 6 rings (SSSR count). The Morgan fingerprint density at radius 3 is 2.42 bits per heavy atom. The second-order valence-corrected chi connectivity index (χ2v) is 11.9. The summed E-state index contributed by atoms with van der Waals surface area (Å²) in [6, 6.07) is 30.4. The number of carbonyl (C=O) groups excluding carboxylic acids is 1. The Bertz CT molecular complexity index is 1960. The van der Waals surface area contributed by atoms with Gasteiger partial charge in [0.1, 0.15) is 37.9 Å². The molecule has 0 saturated carbocycles. The Morgan fingerprint density at radius 1 is 0.889 bits per heavy atom. The van der Waals surface area contributed by atoms with Gasteiger partial charge in [0.05, 0.1) is 16.8 Å². The Labute approximate surface area is 259 Å². The van der Waals surface area contributed by atoms with Crippen LogP contribution >= 0.6 is 0 Å². The van der Waals surface area contributed by atoms with Crippen LogP contribution < -0.4 is 23.9 Å². The third-order valence-electron chi connectivity index (χ3n) is 7.06. The summed E-state index contributed by atoms with van der Waals surface area (Å²) in [6.07, 6.45) is 1.43. The fourth-order valence-corrected chi connectivity index (χ4v) is 6.24. The fraction of sp³-hybridized carbons (Fsp3) is 0.118. The number of hydrogen-bond donors (Lipinski definition) is 1. The Hall–Kier alpha value is -5.42. The molecular formula is C34H28FN3O6S. The highest BCUT2D eigenvalue weighted by Gasteiger charge is 2.29. The molecule has 0 radical (unpaired) electrons. The Balaban J connectivity index is 1.11. The lowest BCUT2D eigenvalue weighted by molar-refractivity contribution is -0.119. The van der Waals surface area contributed by atoms with Gasteiger partial charge in [-0.3, -0.25) is 9.10 Å². The topological polar surface area (TPSA) is 107 Å². The first-order chi connectivity index (χ1) is 21.9. The second kappa shape index (κ2) is 13.1. The normalized spacial score (nSPS) is 12.6. The maximum atomic E-state index is 13.7. The first-order valence-corrected chi connectivity index (χ1v) is 15.5. The number of hydrogen-bond acceptors (Lipinski definition) is 7. The van der Waals surface area contributed by atoms with Gasteiger partial charge >= 0.3 is 0 Å². The van der Waals surface area contributed by atoms with Crippen molar-refractivity contribution < 1.29 is 31.8 Å². The summed E-state index contributed by atoms with van der Waals surface area (Å²) in [5.74, 6) is 0.120. The van der Waals surface area contributed by atoms with Crippen molar-refractivity contribution in [3.63, 3.8) is 0 Å². The van der Waals surface area contributed by atoms with Crippen LogP contribution in [-0.4, -0.2) is 40.3 Å². The van der Waals surface area contributed by atoms with Crippen LogP contribution in [0.2, 0.25) is 0 Å². The van der Waals surface area contributed by atoms with E-state index in [2.05, 4.69) is 28.7 Å². The molecule has 45 heavy (non-hydrogen) atoms. The van der Waals surface area contributed by atoms with Crippen LogP contribution in [0.1, 0.15) is 11.1 Å². The molecule has 0 unspecified atom stereocenters. The van der Waals surface area contributed by atoms with Gasteiger partial charge in [0.25, 0.3) is 15.9 Å². The highest BCUT2D eigenvalue weighted by Crippen LogP contribution is 2.34. The van der Waals surface area contributed by atoms with Crippen LogP contribution in [0.25, 0.3) is 10.8 Å². The maximum Gasteiger partial charge on any atom is 0.264 e. The summed E-state index contributed by atoms with van der Waals surface area (Å²) in [7, 11) is -4.27. The van der Waals surface area contributed by atoms with Gasteiger partial charge in [0, 0.05) is 6.07 Å². The fourth-order valence-electron chi connectivity index (χ4n) is 4.81. The largest absolute Gasteiger partial charge is 0.489 e. The van der Waals surface area contributed by atoms with E-state index in [4.69, 9.17) is 14.2 Å². The van der Waals surface area contributed by atoms with Crippen molar-refractivity contribution >= 4 is 38.6 Å². The van der Waals surface area contributed by atoms with Crippen LogP contribution in [0.3, 0.4) is 0 Å². The molecule has 1 aliphatic heterocycles. The molecule has 1 heterocycles. The van der Waals surface area contributed by atoms with Crippen LogP contribution in [0.15, 0.2) is 119 Å². The number of nitrogens with one attached hydrogen (secondary N) is 1. The summed E-state index contributed by atoms with van der Waals surface area (Å²) >= 11 is 0. The molecule has 1 N–H and O–H groups in total. The number of amides is 1. The monoisotopic (exact) mass is 625 g/mol. The molecule has 1 aliphatic rings. The first kappa shape index (κ1) is 29.6. The average molecular weight is 626 g/mol. The minimum Gasteiger partial charge on any atom is -0.489 e. The minimum absolute atomic E-state index is 0.101. The highest BCUT2D eigenvalue weighted by atomic mass is 32.2. The third-order valence-corrected chi connectivity index (χ3v) is 8.83. The quantitative estimate of drug-likeness (QED) is 0.158. The molecule has 0 aromatic heterocycles. The number of benzene rings is 5. The number of sulfonamides is 1. The van der Waals surface area contributed by atoms with Crippen molar-refractivity contribution in [2.75, 3.05) is 24.1 Å². The van der Waals surface area contributed by atoms with Crippen molar-refractivity contribution in [1.29, 1.82) is 0 Å². The second-order valence-electron chi connectivity index (χ2n) is 10.1. The van der Waals surface area contributed by atoms with Crippen molar-refractivity contribution in [3.8, 4) is 17.2 Å². The number of anilines is 1. The van der Waals surface area contributed by atoms with Gasteiger partial charge in [-0.2, -0.15) is 5.10 Å². The zero-order valence-electron chi connectivity index (χ0n) is 23.9. The van der Waals surface area contributed by atoms with Crippen molar-refractivity contribution in [2.45, 2.75) is 11.5 Å². The van der Waals surface area contributed by atoms with E-state index in [9.17, 15) is 17.6 Å². The summed E-state index contributed by atoms with van der Waals surface area (Å²) in [5.41, 5.74) is 4.23. The predicted molar refractivity (Wildman–Crippen MR) is 169 cm³/mol. The molecule has 0 fully saturated rings. The molecule has 1 amide bonds. The minimum atomic E-state index is -4.27. The number of rotatable bonds is 10. The number of ether oxygens (including phenoxy) is 3. The molecule has 0 aliphatic carbocycles. The van der Waals surface area contributed by atoms with Crippen molar-refractivity contribution in [1.82, 2.24) is 5.43 Å². The molecule has 228 valence electrons. The van der Waals surface area contributed by atoms with E-state index in [-0.39, 0.29) is 22.9 Å². The van der Waals surface area contributed by atoms with Crippen LogP contribution in [0.5, 0.6) is 17.2 Å². The Kier molecular flexibility index (Phi) is 8.61. The summed E-state index contributed by atoms with van der Waals surface area (Å²) in [4.78, 5) is 12.8. The van der Waals surface area contributed by atoms with Gasteiger partial charge in [-0.15, -0.1) is 0 Å². The van der Waals surface area contributed by atoms with Crippen molar-refractivity contribution in [3.05, 3.63) is 126 Å². The summed E-state index contributed by atoms with van der Waals surface area (Å²) in [5, 5.41) is 6.27. The number of hydrazone groups is 1. The predicted octanol–water partition coefficient (Wildman–Crippen LogP) is 5.67. The van der Waals surface area contributed by atoms with E-state index in [0.717, 1.165) is 32.8 Å². The van der Waals surface area contributed by atoms with E-state index in [1.807, 2.05) is 24.3 Å². The lowest BCUT2D eigenvalue weighted by Gasteiger charge is -2.25. The molecule has 0 atom stereocenters. The van der Waals surface area contributed by atoms with Crippen LogP contribution in [-0.2, 0) is 21.4 Å². The van der Waals surface area contributed by atoms with E-state index in [1.165, 1.54) is 36.5 Å². The molecule has 9 nitrogen and oxygen atoms in total. The number of halogens is 1. The molecule has 5 aromatic rings. The summed E-state index contributed by atoms with van der Waals surface area (Å²) in [6.45, 7) is 0.427. The number of carbonyl (C=O) groups is 1. The zero-order valence-corrected chi connectivity index (χ0v) is 24.7. The third kappa shape index (κ3) is 6.89. The highest BCUT2D eigenvalue weighted by molar-refractivity contribution is 7.92. The molecule has 0 saturated heterocycles. The molecule has 0 spiro atoms. The Morgan fingerprint density at radius 2 is 1.62 bits per heavy atom. The van der Waals surface area contributed by atoms with Gasteiger partial charge in [0.2, 0.25) is 0 Å². The summed E-state index contributed by atoms with van der Waals surface area (Å²) < 4.78 is 58.9. The molecule has 0 bridgehead atoms. The van der Waals surface area contributed by atoms with E-state index < -0.39 is 28.3 Å². The molecule has 5 aromatic carbocycles. The number of nitrogens with zero attached hydrogens (tertiary/aromatic N) is 2. The average Bonchev–Trinajstić information content (AvgIpc) is 3.07. The standard InChI is InChI=1S/C34H28FN3O6S/c35-27-10-12-28(13-11-27)38(45(40,41)30-16-17-32-33(20-30)43-19-18-42-32)22-34(39)37-36-21-24-8-14-29(15-9-24)44-23-26-6-3-5-25-4-1-2-7-31(25)26/h1-17,20-21H,18-19,22-23H2,(H,37,39)/b36-21-. The van der Waals surface area contributed by atoms with Gasteiger partial charge in [-0.05, 0) is 82.6 Å². The smallest absolute Gasteiger partial charge is 0.264 e. The number of fused-ring (bicyclic) bond motifs is 2. The maximum absolute atomic E-state index is 13.7. The van der Waals surface area contributed by atoms with Crippen LogP contribution in [0.4, 0.5) is 10.1 Å². The van der Waals surface area contributed by atoms with Gasteiger partial charge in [-0.25, -0.2) is 18.2 Å². The van der Waals surface area contributed by atoms with Gasteiger partial charge in [0.15, 0.2) is 11.5 Å². The van der Waals surface area contributed by atoms with E-state index in [1.54, 1.807) is 24.3 Å². The molecular weight excluding hydrogens is 597 g/mol. The SMILES string of the molecule is O=C(CN(c1ccc(F)cc1)S(=O)(=O)c1ccc2c(c1)OCCO2)N/N=C\c1ccc(OCc2cccc3ccccc23)cc1. The lowest BCUT2D eigenvalue weighted by Crippen LogP contribution is -2.39. The lowest BCUT2D eigenvalue weighted by atomic mass is 10.1. The van der Waals surface area contributed by atoms with Crippen molar-refractivity contribution in [2.24, 2.45) is 5.10 Å². The van der Waals surface area contributed by atoms with E-state index >= 15 is 0 Å². The van der Waals surface area contributed by atoms with E-state index in [0.29, 0.717) is 30.3 Å². The first-order valence-electron chi connectivity index (χ1n) is 14.1. The zero-order chi connectivity index (χ0) is 31.2. The van der Waals surface area contributed by atoms with Crippen LogP contribution in [0, 0.1) is 5.82 Å². The van der Waals surface area contributed by atoms with Gasteiger partial charge < -0.3 is 14.2 Å².